The van der Waals surface area contributed by atoms with Crippen molar-refractivity contribution in [1.82, 2.24) is 15.6 Å². The number of aryl methyl sites for hydroxylation is 1. The van der Waals surface area contributed by atoms with Crippen LogP contribution in [-0.2, 0) is 11.3 Å². The van der Waals surface area contributed by atoms with Gasteiger partial charge in [-0.3, -0.25) is 0 Å². The highest BCUT2D eigenvalue weighted by atomic mass is 32.1. The van der Waals surface area contributed by atoms with Gasteiger partial charge < -0.3 is 15.4 Å². The molecular formula is C14H23N3O2S. The van der Waals surface area contributed by atoms with Crippen LogP contribution in [0.4, 0.5) is 4.79 Å². The van der Waals surface area contributed by atoms with E-state index in [4.69, 9.17) is 4.74 Å². The lowest BCUT2D eigenvalue weighted by Gasteiger charge is -2.36. The first-order valence-corrected chi connectivity index (χ1v) is 7.83. The molecule has 2 rings (SSSR count). The largest absolute Gasteiger partial charge is 0.444 e. The number of carbonyl (C=O) groups excluding carboxylic acids is 1. The van der Waals surface area contributed by atoms with Crippen LogP contribution in [0.1, 0.15) is 44.2 Å². The zero-order valence-corrected chi connectivity index (χ0v) is 13.3. The van der Waals surface area contributed by atoms with Crippen LogP contribution in [0.3, 0.4) is 0 Å². The highest BCUT2D eigenvalue weighted by molar-refractivity contribution is 7.09. The quantitative estimate of drug-likeness (QED) is 0.896. The first-order chi connectivity index (χ1) is 9.33. The van der Waals surface area contributed by atoms with E-state index in [1.165, 1.54) is 4.88 Å². The van der Waals surface area contributed by atoms with Crippen LogP contribution in [0.2, 0.25) is 0 Å². The maximum atomic E-state index is 11.6. The lowest BCUT2D eigenvalue weighted by atomic mass is 9.87. The van der Waals surface area contributed by atoms with Gasteiger partial charge in [-0.1, -0.05) is 0 Å². The summed E-state index contributed by atoms with van der Waals surface area (Å²) in [5, 5.41) is 6.39. The average Bonchev–Trinajstić information content (AvgIpc) is 2.64. The third kappa shape index (κ3) is 4.45. The molecule has 0 atom stereocenters. The van der Waals surface area contributed by atoms with Crippen LogP contribution in [0.5, 0.6) is 0 Å². The van der Waals surface area contributed by atoms with E-state index in [0.717, 1.165) is 25.1 Å². The number of aromatic nitrogens is 1. The van der Waals surface area contributed by atoms with Crippen molar-refractivity contribution >= 4 is 17.4 Å². The van der Waals surface area contributed by atoms with Crippen molar-refractivity contribution in [2.45, 2.75) is 64.8 Å². The molecule has 1 saturated carbocycles. The molecule has 1 aromatic rings. The Labute approximate surface area is 124 Å². The van der Waals surface area contributed by atoms with Gasteiger partial charge in [0.2, 0.25) is 0 Å². The molecule has 0 spiro atoms. The third-order valence-electron chi connectivity index (χ3n) is 3.26. The van der Waals surface area contributed by atoms with Gasteiger partial charge >= 0.3 is 6.09 Å². The third-order valence-corrected chi connectivity index (χ3v) is 4.19. The zero-order valence-electron chi connectivity index (χ0n) is 12.5. The summed E-state index contributed by atoms with van der Waals surface area (Å²) in [5.74, 6) is 0. The number of amides is 1. The Hall–Kier alpha value is -1.14. The van der Waals surface area contributed by atoms with Gasteiger partial charge in [-0.05, 0) is 40.5 Å². The monoisotopic (exact) mass is 297 g/mol. The zero-order chi connectivity index (χ0) is 14.8. The molecule has 112 valence electrons. The number of ether oxygens (including phenoxy) is 1. The van der Waals surface area contributed by atoms with E-state index in [1.54, 1.807) is 11.3 Å². The minimum absolute atomic E-state index is 0.227. The van der Waals surface area contributed by atoms with E-state index in [9.17, 15) is 4.79 Å². The molecule has 5 nitrogen and oxygen atoms in total. The van der Waals surface area contributed by atoms with E-state index < -0.39 is 5.60 Å². The van der Waals surface area contributed by atoms with Crippen molar-refractivity contribution in [3.63, 3.8) is 0 Å². The van der Waals surface area contributed by atoms with Gasteiger partial charge in [0.15, 0.2) is 0 Å². The van der Waals surface area contributed by atoms with Gasteiger partial charge in [0.25, 0.3) is 0 Å². The lowest BCUT2D eigenvalue weighted by molar-refractivity contribution is 0.0465. The van der Waals surface area contributed by atoms with Gasteiger partial charge in [-0.15, -0.1) is 11.3 Å². The number of carbonyl (C=O) groups is 1. The molecule has 0 unspecified atom stereocenters. The summed E-state index contributed by atoms with van der Waals surface area (Å²) in [6, 6.07) is 0.696. The topological polar surface area (TPSA) is 63.2 Å². The molecule has 0 aromatic carbocycles. The molecule has 1 fully saturated rings. The van der Waals surface area contributed by atoms with Gasteiger partial charge in [0.05, 0.1) is 11.2 Å². The minimum Gasteiger partial charge on any atom is -0.444 e. The van der Waals surface area contributed by atoms with Crippen molar-refractivity contribution < 1.29 is 9.53 Å². The second kappa shape index (κ2) is 6.10. The molecule has 0 aliphatic heterocycles. The molecule has 6 heteroatoms. The SMILES string of the molecule is Cc1ncsc1CNC1CC(NC(=O)OC(C)(C)C)C1. The maximum absolute atomic E-state index is 11.6. The number of thiazole rings is 1. The van der Waals surface area contributed by atoms with Crippen LogP contribution in [0, 0.1) is 6.92 Å². The van der Waals surface area contributed by atoms with Crippen LogP contribution in [0.15, 0.2) is 5.51 Å². The van der Waals surface area contributed by atoms with Crippen molar-refractivity contribution in [1.29, 1.82) is 0 Å². The molecule has 20 heavy (non-hydrogen) atoms. The highest BCUT2D eigenvalue weighted by Crippen LogP contribution is 2.22. The number of alkyl carbamates (subject to hydrolysis) is 1. The number of hydrogen-bond acceptors (Lipinski definition) is 5. The van der Waals surface area contributed by atoms with Crippen LogP contribution in [0.25, 0.3) is 0 Å². The van der Waals surface area contributed by atoms with Crippen LogP contribution in [-0.4, -0.2) is 28.8 Å². The summed E-state index contributed by atoms with van der Waals surface area (Å²) in [5.41, 5.74) is 2.54. The molecular weight excluding hydrogens is 274 g/mol. The second-order valence-corrected chi connectivity index (χ2v) is 7.19. The number of rotatable bonds is 4. The molecule has 1 aliphatic carbocycles. The smallest absolute Gasteiger partial charge is 0.407 e. The summed E-state index contributed by atoms with van der Waals surface area (Å²) < 4.78 is 5.24. The molecule has 0 bridgehead atoms. The van der Waals surface area contributed by atoms with Crippen molar-refractivity contribution in [3.8, 4) is 0 Å². The number of hydrogen-bond donors (Lipinski definition) is 2. The van der Waals surface area contributed by atoms with E-state index in [1.807, 2.05) is 33.2 Å². The summed E-state index contributed by atoms with van der Waals surface area (Å²) in [6.45, 7) is 8.50. The molecule has 1 aromatic heterocycles. The fourth-order valence-electron chi connectivity index (χ4n) is 2.11. The van der Waals surface area contributed by atoms with E-state index in [-0.39, 0.29) is 12.1 Å². The number of nitrogens with one attached hydrogen (secondary N) is 2. The Bertz CT molecular complexity index is 461. The van der Waals surface area contributed by atoms with Gasteiger partial charge in [-0.25, -0.2) is 9.78 Å². The maximum Gasteiger partial charge on any atom is 0.407 e. The first kappa shape index (κ1) is 15.3. The molecule has 0 radical (unpaired) electrons. The van der Waals surface area contributed by atoms with E-state index in [0.29, 0.717) is 6.04 Å². The van der Waals surface area contributed by atoms with Crippen LogP contribution >= 0.6 is 11.3 Å². The predicted molar refractivity (Wildman–Crippen MR) is 79.9 cm³/mol. The lowest BCUT2D eigenvalue weighted by Crippen LogP contribution is -2.52. The van der Waals surface area contributed by atoms with Gasteiger partial charge in [0.1, 0.15) is 5.60 Å². The van der Waals surface area contributed by atoms with E-state index >= 15 is 0 Å². The van der Waals surface area contributed by atoms with Crippen molar-refractivity contribution in [2.75, 3.05) is 0 Å². The molecule has 2 N–H and O–H groups in total. The second-order valence-electron chi connectivity index (χ2n) is 6.25. The standard InChI is InChI=1S/C14H23N3O2S/c1-9-12(20-8-16-9)7-15-10-5-11(6-10)17-13(18)19-14(2,3)4/h8,10-11,15H,5-7H2,1-4H3,(H,17,18). The Kier molecular flexibility index (Phi) is 4.65. The highest BCUT2D eigenvalue weighted by Gasteiger charge is 2.31. The Morgan fingerprint density at radius 3 is 2.70 bits per heavy atom. The fraction of sp³-hybridized carbons (Fsp3) is 0.714. The minimum atomic E-state index is -0.435. The summed E-state index contributed by atoms with van der Waals surface area (Å²) in [6.07, 6.45) is 1.59. The Morgan fingerprint density at radius 2 is 2.15 bits per heavy atom. The average molecular weight is 297 g/mol. The molecule has 1 amide bonds. The van der Waals surface area contributed by atoms with Crippen LogP contribution < -0.4 is 10.6 Å². The summed E-state index contributed by atoms with van der Waals surface area (Å²) in [7, 11) is 0. The molecule has 0 saturated heterocycles. The van der Waals surface area contributed by atoms with E-state index in [2.05, 4.69) is 15.6 Å². The molecule has 1 heterocycles. The first-order valence-electron chi connectivity index (χ1n) is 6.95. The predicted octanol–water partition coefficient (Wildman–Crippen LogP) is 2.60. The van der Waals surface area contributed by atoms with Crippen molar-refractivity contribution in [2.24, 2.45) is 0 Å². The Morgan fingerprint density at radius 1 is 1.45 bits per heavy atom. The summed E-state index contributed by atoms with van der Waals surface area (Å²) >= 11 is 1.68. The normalized spacial score (nSPS) is 22.2. The number of nitrogens with zero attached hydrogens (tertiary/aromatic N) is 1. The summed E-state index contributed by atoms with van der Waals surface area (Å²) in [4.78, 5) is 17.1. The van der Waals surface area contributed by atoms with Gasteiger partial charge in [0, 0.05) is 23.5 Å². The van der Waals surface area contributed by atoms with Crippen molar-refractivity contribution in [3.05, 3.63) is 16.1 Å². The molecule has 1 aliphatic rings. The fourth-order valence-corrected chi connectivity index (χ4v) is 2.84. The Balaban J connectivity index is 1.63. The van der Waals surface area contributed by atoms with Gasteiger partial charge in [-0.2, -0.15) is 0 Å².